The first kappa shape index (κ1) is 57.4. The minimum absolute atomic E-state index is 0.0629. The molecular formula is C53H102O6. The second-order valence-corrected chi connectivity index (χ2v) is 18.6. The van der Waals surface area contributed by atoms with Gasteiger partial charge in [-0.2, -0.15) is 0 Å². The average Bonchev–Trinajstić information content (AvgIpc) is 3.22. The number of carbonyl (C=O) groups excluding carboxylic acids is 3. The van der Waals surface area contributed by atoms with E-state index >= 15 is 0 Å². The van der Waals surface area contributed by atoms with Crippen LogP contribution in [0.5, 0.6) is 0 Å². The molecule has 0 saturated heterocycles. The van der Waals surface area contributed by atoms with E-state index in [1.807, 2.05) is 0 Å². The first-order valence-electron chi connectivity index (χ1n) is 26.4. The van der Waals surface area contributed by atoms with E-state index in [1.54, 1.807) is 0 Å². The van der Waals surface area contributed by atoms with Crippen molar-refractivity contribution >= 4 is 17.9 Å². The maximum atomic E-state index is 12.8. The zero-order valence-electron chi connectivity index (χ0n) is 40.2. The van der Waals surface area contributed by atoms with Gasteiger partial charge in [-0.05, 0) is 25.2 Å². The maximum Gasteiger partial charge on any atom is 0.306 e. The van der Waals surface area contributed by atoms with Crippen LogP contribution in [0.15, 0.2) is 0 Å². The van der Waals surface area contributed by atoms with E-state index in [9.17, 15) is 14.4 Å². The minimum atomic E-state index is -0.760. The predicted octanol–water partition coefficient (Wildman–Crippen LogP) is 17.1. The van der Waals surface area contributed by atoms with Crippen molar-refractivity contribution in [2.75, 3.05) is 13.2 Å². The van der Waals surface area contributed by atoms with Crippen molar-refractivity contribution in [1.82, 2.24) is 0 Å². The van der Waals surface area contributed by atoms with Crippen molar-refractivity contribution in [3.63, 3.8) is 0 Å². The van der Waals surface area contributed by atoms with E-state index in [0.29, 0.717) is 19.3 Å². The lowest BCUT2D eigenvalue weighted by atomic mass is 10.0. The summed E-state index contributed by atoms with van der Waals surface area (Å²) in [7, 11) is 0. The van der Waals surface area contributed by atoms with Crippen LogP contribution >= 0.6 is 0 Å². The number of rotatable bonds is 48. The van der Waals surface area contributed by atoms with Crippen molar-refractivity contribution in [1.29, 1.82) is 0 Å². The molecule has 0 spiro atoms. The molecule has 0 bridgehead atoms. The first-order chi connectivity index (χ1) is 28.9. The molecule has 1 atom stereocenters. The van der Waals surface area contributed by atoms with Gasteiger partial charge in [0.25, 0.3) is 0 Å². The van der Waals surface area contributed by atoms with Crippen LogP contribution in [0.3, 0.4) is 0 Å². The van der Waals surface area contributed by atoms with E-state index in [-0.39, 0.29) is 31.1 Å². The lowest BCUT2D eigenvalue weighted by molar-refractivity contribution is -0.167. The molecule has 0 aliphatic rings. The van der Waals surface area contributed by atoms with Gasteiger partial charge >= 0.3 is 17.9 Å². The fourth-order valence-electron chi connectivity index (χ4n) is 8.04. The molecule has 0 rings (SSSR count). The normalized spacial score (nSPS) is 11.9. The first-order valence-corrected chi connectivity index (χ1v) is 26.4. The van der Waals surface area contributed by atoms with Crippen LogP contribution in [-0.2, 0) is 28.6 Å². The van der Waals surface area contributed by atoms with E-state index in [4.69, 9.17) is 14.2 Å². The number of esters is 3. The zero-order chi connectivity index (χ0) is 43.1. The summed E-state index contributed by atoms with van der Waals surface area (Å²) in [5.41, 5.74) is 0. The van der Waals surface area contributed by atoms with Crippen molar-refractivity contribution < 1.29 is 28.6 Å². The van der Waals surface area contributed by atoms with Gasteiger partial charge in [0.1, 0.15) is 13.2 Å². The zero-order valence-corrected chi connectivity index (χ0v) is 40.2. The second kappa shape index (κ2) is 47.5. The van der Waals surface area contributed by atoms with Gasteiger partial charge < -0.3 is 14.2 Å². The van der Waals surface area contributed by atoms with Gasteiger partial charge in [0.15, 0.2) is 6.10 Å². The summed E-state index contributed by atoms with van der Waals surface area (Å²) in [6.07, 6.45) is 49.5. The van der Waals surface area contributed by atoms with Crippen molar-refractivity contribution in [2.45, 2.75) is 303 Å². The summed E-state index contributed by atoms with van der Waals surface area (Å²) in [6.45, 7) is 9.00. The molecule has 0 radical (unpaired) electrons. The molecular weight excluding hydrogens is 733 g/mol. The summed E-state index contributed by atoms with van der Waals surface area (Å²) < 4.78 is 16.8. The monoisotopic (exact) mass is 835 g/mol. The summed E-state index contributed by atoms with van der Waals surface area (Å²) in [4.78, 5) is 37.9. The van der Waals surface area contributed by atoms with E-state index < -0.39 is 6.10 Å². The summed E-state index contributed by atoms with van der Waals surface area (Å²) in [6, 6.07) is 0. The fourth-order valence-corrected chi connectivity index (χ4v) is 8.04. The molecule has 6 nitrogen and oxygen atoms in total. The molecule has 0 saturated carbocycles. The van der Waals surface area contributed by atoms with Crippen molar-refractivity contribution in [3.8, 4) is 0 Å². The minimum Gasteiger partial charge on any atom is -0.462 e. The molecule has 6 heteroatoms. The molecule has 350 valence electrons. The van der Waals surface area contributed by atoms with Gasteiger partial charge in [0, 0.05) is 19.3 Å². The Balaban J connectivity index is 4.25. The van der Waals surface area contributed by atoms with Gasteiger partial charge in [-0.25, -0.2) is 0 Å². The van der Waals surface area contributed by atoms with Crippen molar-refractivity contribution in [2.24, 2.45) is 5.92 Å². The Kier molecular flexibility index (Phi) is 46.2. The van der Waals surface area contributed by atoms with Gasteiger partial charge in [-0.1, -0.05) is 259 Å². The lowest BCUT2D eigenvalue weighted by Crippen LogP contribution is -2.30. The van der Waals surface area contributed by atoms with Gasteiger partial charge in [0.05, 0.1) is 0 Å². The molecule has 0 aliphatic carbocycles. The van der Waals surface area contributed by atoms with Crippen LogP contribution in [0, 0.1) is 5.92 Å². The second-order valence-electron chi connectivity index (χ2n) is 18.6. The predicted molar refractivity (Wildman–Crippen MR) is 252 cm³/mol. The highest BCUT2D eigenvalue weighted by Gasteiger charge is 2.19. The Labute approximate surface area is 368 Å². The molecule has 0 N–H and O–H groups in total. The summed E-state index contributed by atoms with van der Waals surface area (Å²) in [5, 5.41) is 0. The van der Waals surface area contributed by atoms with Gasteiger partial charge in [-0.15, -0.1) is 0 Å². The molecule has 0 fully saturated rings. The Morgan fingerprint density at radius 1 is 0.322 bits per heavy atom. The van der Waals surface area contributed by atoms with Crippen LogP contribution in [0.25, 0.3) is 0 Å². The number of unbranched alkanes of at least 4 members (excludes halogenated alkanes) is 35. The Morgan fingerprint density at radius 2 is 0.559 bits per heavy atom. The van der Waals surface area contributed by atoms with Gasteiger partial charge in [0.2, 0.25) is 0 Å². The largest absolute Gasteiger partial charge is 0.462 e. The van der Waals surface area contributed by atoms with Crippen LogP contribution in [0.1, 0.15) is 297 Å². The lowest BCUT2D eigenvalue weighted by Gasteiger charge is -2.18. The van der Waals surface area contributed by atoms with E-state index in [1.165, 1.54) is 193 Å². The molecule has 59 heavy (non-hydrogen) atoms. The van der Waals surface area contributed by atoms with Crippen LogP contribution in [0.4, 0.5) is 0 Å². The third-order valence-corrected chi connectivity index (χ3v) is 12.0. The molecule has 0 aromatic rings. The highest BCUT2D eigenvalue weighted by molar-refractivity contribution is 5.71. The van der Waals surface area contributed by atoms with Crippen molar-refractivity contribution in [3.05, 3.63) is 0 Å². The molecule has 0 aromatic heterocycles. The van der Waals surface area contributed by atoms with Crippen LogP contribution in [-0.4, -0.2) is 37.2 Å². The smallest absolute Gasteiger partial charge is 0.306 e. The molecule has 0 aromatic carbocycles. The molecule has 0 heterocycles. The molecule has 0 amide bonds. The summed E-state index contributed by atoms with van der Waals surface area (Å²) in [5.74, 6) is -0.0368. The quantitative estimate of drug-likeness (QED) is 0.0345. The third-order valence-electron chi connectivity index (χ3n) is 12.0. The number of hydrogen-bond donors (Lipinski definition) is 0. The van der Waals surface area contributed by atoms with Crippen LogP contribution in [0.2, 0.25) is 0 Å². The number of hydrogen-bond acceptors (Lipinski definition) is 6. The topological polar surface area (TPSA) is 78.9 Å². The summed E-state index contributed by atoms with van der Waals surface area (Å²) >= 11 is 0. The maximum absolute atomic E-state index is 12.8. The Morgan fingerprint density at radius 3 is 0.831 bits per heavy atom. The van der Waals surface area contributed by atoms with Gasteiger partial charge in [-0.3, -0.25) is 14.4 Å². The SMILES string of the molecule is CCCCCCCCCCCCCCCCCCCCC(=O)OC[C@H](COC(=O)CCCCCCCCCCCC(C)C)OC(=O)CCCCCCCCCCCCC. The van der Waals surface area contributed by atoms with E-state index in [2.05, 4.69) is 27.7 Å². The van der Waals surface area contributed by atoms with E-state index in [0.717, 1.165) is 63.7 Å². The number of ether oxygens (including phenoxy) is 3. The Hall–Kier alpha value is -1.59. The Bertz CT molecular complexity index is 887. The highest BCUT2D eigenvalue weighted by atomic mass is 16.6. The highest BCUT2D eigenvalue weighted by Crippen LogP contribution is 2.17. The fraction of sp³-hybridized carbons (Fsp3) is 0.943. The average molecular weight is 835 g/mol. The molecule has 0 unspecified atom stereocenters. The standard InChI is InChI=1S/C53H102O6/c1-5-7-9-11-13-15-17-18-19-20-21-22-23-25-28-32-36-40-44-51(54)57-47-50(59-53(56)46-42-38-34-29-24-16-14-12-10-8-6-2)48-58-52(55)45-41-37-33-30-26-27-31-35-39-43-49(3)4/h49-50H,5-48H2,1-4H3/t50-/m1/s1. The van der Waals surface area contributed by atoms with Crippen LogP contribution < -0.4 is 0 Å². The third kappa shape index (κ3) is 47.3. The number of carbonyl (C=O) groups is 3. The molecule has 0 aliphatic heterocycles.